The van der Waals surface area contributed by atoms with E-state index in [1.807, 2.05) is 0 Å². The number of nitrogens with zero attached hydrogens (tertiary/aromatic N) is 1. The Morgan fingerprint density at radius 2 is 1.87 bits per heavy atom. The van der Waals surface area contributed by atoms with Crippen LogP contribution in [0.3, 0.4) is 0 Å². The molecule has 4 atom stereocenters. The highest BCUT2D eigenvalue weighted by molar-refractivity contribution is 6.24. The molecule has 1 saturated carbocycles. The van der Waals surface area contributed by atoms with Crippen molar-refractivity contribution in [2.75, 3.05) is 38.2 Å². The van der Waals surface area contributed by atoms with Gasteiger partial charge in [-0.05, 0) is 18.8 Å². The SMILES string of the molecule is NC(=O)C1=C(O)[C@@]2(O)C(=O)C3=C(O)c4c(O)c(NC(=O)CN5CCOCC5)cc(F)c4C[C@H]3C[C@H]2[C@H](N)C1=O. The van der Waals surface area contributed by atoms with Gasteiger partial charge < -0.3 is 41.9 Å². The maximum absolute atomic E-state index is 15.3. The minimum atomic E-state index is -2.87. The molecule has 208 valence electrons. The van der Waals surface area contributed by atoms with Crippen molar-refractivity contribution in [3.05, 3.63) is 39.9 Å². The van der Waals surface area contributed by atoms with Gasteiger partial charge in [0.1, 0.15) is 22.9 Å². The van der Waals surface area contributed by atoms with Crippen molar-refractivity contribution in [1.82, 2.24) is 4.90 Å². The Morgan fingerprint density at radius 3 is 2.51 bits per heavy atom. The lowest BCUT2D eigenvalue weighted by molar-refractivity contribution is -0.149. The van der Waals surface area contributed by atoms with Crippen molar-refractivity contribution in [3.8, 4) is 5.75 Å². The van der Waals surface area contributed by atoms with Crippen LogP contribution < -0.4 is 16.8 Å². The number of aromatic hydroxyl groups is 1. The number of anilines is 1. The van der Waals surface area contributed by atoms with Gasteiger partial charge in [-0.25, -0.2) is 4.39 Å². The fraction of sp³-hybridized carbons (Fsp3) is 0.440. The number of nitrogens with one attached hydrogen (secondary N) is 1. The summed E-state index contributed by atoms with van der Waals surface area (Å²) in [5, 5.41) is 46.5. The Morgan fingerprint density at radius 1 is 1.21 bits per heavy atom. The second-order valence-electron chi connectivity index (χ2n) is 10.1. The fourth-order valence-electron chi connectivity index (χ4n) is 5.99. The zero-order valence-electron chi connectivity index (χ0n) is 20.6. The van der Waals surface area contributed by atoms with Crippen LogP contribution in [0.1, 0.15) is 17.5 Å². The van der Waals surface area contributed by atoms with Crippen LogP contribution in [0.25, 0.3) is 5.76 Å². The third kappa shape index (κ3) is 3.98. The highest BCUT2D eigenvalue weighted by Crippen LogP contribution is 2.52. The topological polar surface area (TPSA) is 226 Å². The van der Waals surface area contributed by atoms with Gasteiger partial charge in [-0.3, -0.25) is 24.1 Å². The number of rotatable bonds is 4. The van der Waals surface area contributed by atoms with E-state index in [1.54, 1.807) is 4.90 Å². The Labute approximate surface area is 220 Å². The van der Waals surface area contributed by atoms with E-state index in [2.05, 4.69) is 5.32 Å². The van der Waals surface area contributed by atoms with Crippen LogP contribution in [0.5, 0.6) is 5.75 Å². The van der Waals surface area contributed by atoms with E-state index in [0.717, 1.165) is 6.07 Å². The van der Waals surface area contributed by atoms with Crippen LogP contribution in [0.4, 0.5) is 10.1 Å². The molecule has 1 aliphatic heterocycles. The molecular formula is C25H27FN4O9. The molecule has 0 aromatic heterocycles. The predicted octanol–water partition coefficient (Wildman–Crippen LogP) is -1.23. The lowest BCUT2D eigenvalue weighted by atomic mass is 9.58. The molecule has 2 amide bonds. The molecule has 9 N–H and O–H groups in total. The number of aliphatic hydroxyl groups excluding tert-OH is 2. The number of benzene rings is 1. The van der Waals surface area contributed by atoms with Crippen LogP contribution in [0.15, 0.2) is 23.0 Å². The number of fused-ring (bicyclic) bond motifs is 3. The average Bonchev–Trinajstić information content (AvgIpc) is 2.88. The van der Waals surface area contributed by atoms with Gasteiger partial charge in [0.2, 0.25) is 11.7 Å². The molecule has 39 heavy (non-hydrogen) atoms. The largest absolute Gasteiger partial charge is 0.508 e. The Hall–Kier alpha value is -3.85. The number of aliphatic hydroxyl groups is 3. The van der Waals surface area contributed by atoms with Gasteiger partial charge in [-0.1, -0.05) is 0 Å². The van der Waals surface area contributed by atoms with Crippen LogP contribution in [-0.4, -0.2) is 93.2 Å². The lowest BCUT2D eigenvalue weighted by Crippen LogP contribution is -2.65. The summed E-state index contributed by atoms with van der Waals surface area (Å²) in [6.07, 6.45) is -0.481. The van der Waals surface area contributed by atoms with Crippen molar-refractivity contribution in [2.45, 2.75) is 24.5 Å². The van der Waals surface area contributed by atoms with Crippen molar-refractivity contribution >= 4 is 34.8 Å². The highest BCUT2D eigenvalue weighted by atomic mass is 19.1. The molecule has 0 radical (unpaired) electrons. The van der Waals surface area contributed by atoms with Crippen LogP contribution in [-0.2, 0) is 30.3 Å². The number of hydrogen-bond acceptors (Lipinski definition) is 11. The van der Waals surface area contributed by atoms with Crippen LogP contribution >= 0.6 is 0 Å². The number of halogens is 1. The first-order chi connectivity index (χ1) is 18.4. The molecule has 1 aromatic carbocycles. The number of hydrogen-bond donors (Lipinski definition) is 7. The van der Waals surface area contributed by atoms with Gasteiger partial charge in [-0.15, -0.1) is 0 Å². The fourth-order valence-corrected chi connectivity index (χ4v) is 5.99. The maximum Gasteiger partial charge on any atom is 0.255 e. The summed E-state index contributed by atoms with van der Waals surface area (Å²) in [4.78, 5) is 52.4. The predicted molar refractivity (Wildman–Crippen MR) is 131 cm³/mol. The molecule has 3 aliphatic carbocycles. The third-order valence-corrected chi connectivity index (χ3v) is 7.94. The number of Topliss-reactive ketones (excluding diaryl/α,β-unsaturated/α-hetero) is 2. The van der Waals surface area contributed by atoms with E-state index in [0.29, 0.717) is 26.3 Å². The first-order valence-corrected chi connectivity index (χ1v) is 12.3. The zero-order valence-corrected chi connectivity index (χ0v) is 20.6. The minimum Gasteiger partial charge on any atom is -0.508 e. The zero-order chi connectivity index (χ0) is 28.4. The first kappa shape index (κ1) is 26.7. The number of ether oxygens (including phenoxy) is 1. The van der Waals surface area contributed by atoms with E-state index >= 15 is 4.39 Å². The first-order valence-electron chi connectivity index (χ1n) is 12.3. The number of morpholine rings is 1. The number of phenols is 1. The molecule has 0 bridgehead atoms. The van der Waals surface area contributed by atoms with E-state index in [-0.39, 0.29) is 30.6 Å². The summed E-state index contributed by atoms with van der Waals surface area (Å²) in [6.45, 7) is 1.84. The molecule has 13 nitrogen and oxygen atoms in total. The van der Waals surface area contributed by atoms with E-state index in [1.165, 1.54) is 0 Å². The summed E-state index contributed by atoms with van der Waals surface area (Å²) in [5.41, 5.74) is 5.81. The molecule has 2 fully saturated rings. The third-order valence-electron chi connectivity index (χ3n) is 7.94. The maximum atomic E-state index is 15.3. The van der Waals surface area contributed by atoms with E-state index in [9.17, 15) is 39.6 Å². The summed E-state index contributed by atoms with van der Waals surface area (Å²) >= 11 is 0. The van der Waals surface area contributed by atoms with Crippen molar-refractivity contribution in [2.24, 2.45) is 23.3 Å². The molecule has 4 aliphatic rings. The summed E-state index contributed by atoms with van der Waals surface area (Å²) in [7, 11) is 0. The van der Waals surface area contributed by atoms with Gasteiger partial charge in [-0.2, -0.15) is 0 Å². The highest BCUT2D eigenvalue weighted by Gasteiger charge is 2.63. The summed E-state index contributed by atoms with van der Waals surface area (Å²) < 4.78 is 20.5. The van der Waals surface area contributed by atoms with Crippen molar-refractivity contribution in [3.63, 3.8) is 0 Å². The monoisotopic (exact) mass is 546 g/mol. The Bertz CT molecular complexity index is 1380. The minimum absolute atomic E-state index is 0.0592. The second-order valence-corrected chi connectivity index (χ2v) is 10.1. The molecule has 1 aromatic rings. The van der Waals surface area contributed by atoms with Gasteiger partial charge in [0.05, 0.1) is 37.1 Å². The second kappa shape index (κ2) is 9.41. The number of carbonyl (C=O) groups is 4. The number of primary amides is 1. The standard InChI is InChI=1S/C25H27FN4O9/c26-12-7-13(29-14(31)8-30-1-3-39-4-2-30)19(32)16-10(12)5-9-6-11-18(27)21(34)17(24(28)37)23(36)25(11,38)22(35)15(9)20(16)33/h7,9,11,18,32-33,36,38H,1-6,8,27H2,(H2,28,37)(H,29,31)/t9-,11-,18-,25-/m0/s1. The molecular weight excluding hydrogens is 519 g/mol. The summed E-state index contributed by atoms with van der Waals surface area (Å²) in [6, 6.07) is -0.696. The normalized spacial score (nSPS) is 29.1. The summed E-state index contributed by atoms with van der Waals surface area (Å²) in [5.74, 6) is -10.4. The van der Waals surface area contributed by atoms with E-state index < -0.39 is 86.7 Å². The van der Waals surface area contributed by atoms with E-state index in [4.69, 9.17) is 16.2 Å². The van der Waals surface area contributed by atoms with Gasteiger partial charge in [0.25, 0.3) is 5.91 Å². The molecule has 5 rings (SSSR count). The molecule has 14 heteroatoms. The average molecular weight is 547 g/mol. The molecule has 1 heterocycles. The van der Waals surface area contributed by atoms with Crippen molar-refractivity contribution in [1.29, 1.82) is 0 Å². The number of amides is 2. The Balaban J connectivity index is 1.55. The van der Waals surface area contributed by atoms with Gasteiger partial charge in [0.15, 0.2) is 17.1 Å². The lowest BCUT2D eigenvalue weighted by Gasteiger charge is -2.48. The molecule has 0 spiro atoms. The number of phenolic OH excluding ortho intramolecular Hbond substituents is 1. The smallest absolute Gasteiger partial charge is 0.255 e. The van der Waals surface area contributed by atoms with Crippen LogP contribution in [0, 0.1) is 17.7 Å². The number of nitrogens with two attached hydrogens (primary N) is 2. The van der Waals surface area contributed by atoms with Gasteiger partial charge >= 0.3 is 0 Å². The quantitative estimate of drug-likeness (QED) is 0.175. The molecule has 1 saturated heterocycles. The number of carbonyl (C=O) groups excluding carboxylic acids is 4. The molecule has 0 unspecified atom stereocenters. The Kier molecular flexibility index (Phi) is 6.45. The number of ketones is 2. The van der Waals surface area contributed by atoms with Gasteiger partial charge in [0, 0.05) is 36.2 Å². The van der Waals surface area contributed by atoms with Crippen LogP contribution in [0.2, 0.25) is 0 Å². The van der Waals surface area contributed by atoms with Crippen molar-refractivity contribution < 1.29 is 48.7 Å².